The molecule has 4 aliphatic heterocycles. The number of carbonyl (C=O) groups excluding carboxylic acids is 2. The molecule has 4 heterocycles. The Kier molecular flexibility index (Phi) is 5.84. The van der Waals surface area contributed by atoms with Crippen LogP contribution < -0.4 is 5.32 Å². The third-order valence-electron chi connectivity index (χ3n) is 7.88. The second-order valence-electron chi connectivity index (χ2n) is 11.0. The van der Waals surface area contributed by atoms with Crippen molar-refractivity contribution in [1.29, 1.82) is 0 Å². The molecule has 4 saturated heterocycles. The molecule has 29 heavy (non-hydrogen) atoms. The zero-order chi connectivity index (χ0) is 20.6. The molecule has 5 aliphatic rings. The van der Waals surface area contributed by atoms with Crippen molar-refractivity contribution in [3.05, 3.63) is 0 Å². The fraction of sp³-hybridized carbons (Fsp3) is 0.913. The molecule has 2 bridgehead atoms. The first-order chi connectivity index (χ1) is 13.7. The first-order valence-corrected chi connectivity index (χ1v) is 11.7. The molecule has 1 aliphatic carbocycles. The summed E-state index contributed by atoms with van der Waals surface area (Å²) < 4.78 is 5.53. The van der Waals surface area contributed by atoms with Gasteiger partial charge in [-0.3, -0.25) is 4.79 Å². The minimum Gasteiger partial charge on any atom is -0.444 e. The number of amides is 2. The monoisotopic (exact) mass is 405 g/mol. The average Bonchev–Trinajstić information content (AvgIpc) is 2.68. The summed E-state index contributed by atoms with van der Waals surface area (Å²) in [6.07, 6.45) is 8.62. The normalized spacial score (nSPS) is 32.2. The van der Waals surface area contributed by atoms with Gasteiger partial charge in [0.05, 0.1) is 0 Å². The van der Waals surface area contributed by atoms with Crippen molar-refractivity contribution in [1.82, 2.24) is 15.1 Å². The summed E-state index contributed by atoms with van der Waals surface area (Å²) >= 11 is 0. The summed E-state index contributed by atoms with van der Waals surface area (Å²) in [6, 6.07) is 0.373. The van der Waals surface area contributed by atoms with Crippen LogP contribution in [-0.4, -0.2) is 66.2 Å². The second kappa shape index (κ2) is 8.09. The highest BCUT2D eigenvalue weighted by Crippen LogP contribution is 2.46. The van der Waals surface area contributed by atoms with Crippen LogP contribution in [-0.2, 0) is 9.53 Å². The number of nitrogens with one attached hydrogen (secondary N) is 1. The zero-order valence-electron chi connectivity index (χ0n) is 18.5. The van der Waals surface area contributed by atoms with E-state index in [1.807, 2.05) is 25.7 Å². The summed E-state index contributed by atoms with van der Waals surface area (Å²) in [6.45, 7) is 10.8. The van der Waals surface area contributed by atoms with Crippen LogP contribution in [0.1, 0.15) is 72.1 Å². The Balaban J connectivity index is 1.22. The van der Waals surface area contributed by atoms with Crippen molar-refractivity contribution in [3.63, 3.8) is 0 Å². The van der Waals surface area contributed by atoms with Gasteiger partial charge in [0.2, 0.25) is 5.91 Å². The number of hydrogen-bond acceptors (Lipinski definition) is 4. The Hall–Kier alpha value is -1.30. The third kappa shape index (κ3) is 4.89. The molecule has 1 N–H and O–H groups in total. The lowest BCUT2D eigenvalue weighted by Crippen LogP contribution is -2.58. The molecule has 6 nitrogen and oxygen atoms in total. The molecular formula is C23H39N3O3. The van der Waals surface area contributed by atoms with Gasteiger partial charge in [-0.25, -0.2) is 4.79 Å². The van der Waals surface area contributed by atoms with Crippen LogP contribution >= 0.6 is 0 Å². The molecule has 1 spiro atoms. The number of carbonyl (C=O) groups is 2. The van der Waals surface area contributed by atoms with Gasteiger partial charge in [0.15, 0.2) is 0 Å². The molecule has 1 saturated carbocycles. The summed E-state index contributed by atoms with van der Waals surface area (Å²) in [7, 11) is 0. The minimum absolute atomic E-state index is 0.181. The number of likely N-dealkylation sites (tertiary alicyclic amines) is 1. The first-order valence-electron chi connectivity index (χ1n) is 11.7. The molecule has 2 amide bonds. The molecule has 6 heteroatoms. The predicted octanol–water partition coefficient (Wildman–Crippen LogP) is 3.40. The van der Waals surface area contributed by atoms with Gasteiger partial charge in [-0.2, -0.15) is 0 Å². The zero-order valence-corrected chi connectivity index (χ0v) is 18.5. The molecule has 5 fully saturated rings. The van der Waals surface area contributed by atoms with Crippen molar-refractivity contribution in [2.24, 2.45) is 17.3 Å². The second-order valence-corrected chi connectivity index (χ2v) is 11.0. The largest absolute Gasteiger partial charge is 0.444 e. The van der Waals surface area contributed by atoms with Crippen molar-refractivity contribution in [2.45, 2.75) is 83.8 Å². The summed E-state index contributed by atoms with van der Waals surface area (Å²) in [5.74, 6) is 1.17. The molecule has 5 rings (SSSR count). The lowest BCUT2D eigenvalue weighted by Gasteiger charge is -2.47. The Morgan fingerprint density at radius 2 is 1.55 bits per heavy atom. The SMILES string of the molecule is CC(C)(C)OC(=O)N1CCC2(CCC(C(=O)NC3CN4CCC3CC4)CC2)CC1. The standard InChI is InChI=1S/C23H39N3O3/c1-22(2,3)29-21(28)26-14-10-23(11-15-26)8-4-18(5-9-23)20(27)24-19-16-25-12-6-17(19)7-13-25/h17-19H,4-16H2,1-3H3,(H,24,27). The molecule has 0 aromatic rings. The molecule has 0 aromatic heterocycles. The Morgan fingerprint density at radius 1 is 0.931 bits per heavy atom. The Bertz CT molecular complexity index is 603. The van der Waals surface area contributed by atoms with E-state index in [1.54, 1.807) is 0 Å². The van der Waals surface area contributed by atoms with Gasteiger partial charge < -0.3 is 19.9 Å². The Morgan fingerprint density at radius 3 is 2.07 bits per heavy atom. The van der Waals surface area contributed by atoms with Gasteiger partial charge in [0, 0.05) is 31.6 Å². The first kappa shape index (κ1) is 21.0. The van der Waals surface area contributed by atoms with Gasteiger partial charge in [0.25, 0.3) is 0 Å². The summed E-state index contributed by atoms with van der Waals surface area (Å²) in [4.78, 5) is 29.6. The van der Waals surface area contributed by atoms with E-state index in [0.717, 1.165) is 58.2 Å². The molecular weight excluding hydrogens is 366 g/mol. The van der Waals surface area contributed by atoms with E-state index in [1.165, 1.54) is 25.9 Å². The Labute approximate surface area is 175 Å². The smallest absolute Gasteiger partial charge is 0.410 e. The highest BCUT2D eigenvalue weighted by Gasteiger charge is 2.42. The van der Waals surface area contributed by atoms with E-state index in [-0.39, 0.29) is 12.0 Å². The van der Waals surface area contributed by atoms with Gasteiger partial charge in [-0.15, -0.1) is 0 Å². The number of rotatable bonds is 2. The van der Waals surface area contributed by atoms with Gasteiger partial charge in [-0.1, -0.05) is 0 Å². The van der Waals surface area contributed by atoms with Crippen LogP contribution in [0.5, 0.6) is 0 Å². The summed E-state index contributed by atoms with van der Waals surface area (Å²) in [5.41, 5.74) is -0.114. The molecule has 164 valence electrons. The number of nitrogens with zero attached hydrogens (tertiary/aromatic N) is 2. The maximum atomic E-state index is 12.9. The van der Waals surface area contributed by atoms with E-state index in [4.69, 9.17) is 4.74 Å². The van der Waals surface area contributed by atoms with E-state index in [9.17, 15) is 9.59 Å². The average molecular weight is 406 g/mol. The van der Waals surface area contributed by atoms with Crippen LogP contribution in [0.25, 0.3) is 0 Å². The number of fused-ring (bicyclic) bond motifs is 3. The van der Waals surface area contributed by atoms with E-state index in [2.05, 4.69) is 10.2 Å². The molecule has 1 unspecified atom stereocenters. The highest BCUT2D eigenvalue weighted by atomic mass is 16.6. The van der Waals surface area contributed by atoms with Crippen molar-refractivity contribution in [3.8, 4) is 0 Å². The van der Waals surface area contributed by atoms with E-state index >= 15 is 0 Å². The number of piperidine rings is 4. The lowest BCUT2D eigenvalue weighted by atomic mass is 9.65. The minimum atomic E-state index is -0.438. The summed E-state index contributed by atoms with van der Waals surface area (Å²) in [5, 5.41) is 3.41. The van der Waals surface area contributed by atoms with E-state index < -0.39 is 5.60 Å². The maximum Gasteiger partial charge on any atom is 0.410 e. The molecule has 0 aromatic carbocycles. The van der Waals surface area contributed by atoms with Crippen molar-refractivity contribution < 1.29 is 14.3 Å². The van der Waals surface area contributed by atoms with Gasteiger partial charge in [0.1, 0.15) is 5.60 Å². The van der Waals surface area contributed by atoms with Crippen LogP contribution in [0.15, 0.2) is 0 Å². The van der Waals surface area contributed by atoms with Crippen molar-refractivity contribution >= 4 is 12.0 Å². The van der Waals surface area contributed by atoms with Crippen molar-refractivity contribution in [2.75, 3.05) is 32.7 Å². The fourth-order valence-corrected chi connectivity index (χ4v) is 5.91. The van der Waals surface area contributed by atoms with Crippen LogP contribution in [0, 0.1) is 17.3 Å². The fourth-order valence-electron chi connectivity index (χ4n) is 5.91. The van der Waals surface area contributed by atoms with Gasteiger partial charge in [-0.05, 0) is 96.6 Å². The van der Waals surface area contributed by atoms with Crippen LogP contribution in [0.3, 0.4) is 0 Å². The third-order valence-corrected chi connectivity index (χ3v) is 7.88. The predicted molar refractivity (Wildman–Crippen MR) is 113 cm³/mol. The van der Waals surface area contributed by atoms with Crippen LogP contribution in [0.2, 0.25) is 0 Å². The number of ether oxygens (including phenoxy) is 1. The maximum absolute atomic E-state index is 12.9. The number of hydrogen-bond donors (Lipinski definition) is 1. The van der Waals surface area contributed by atoms with Gasteiger partial charge >= 0.3 is 6.09 Å². The quantitative estimate of drug-likeness (QED) is 0.765. The lowest BCUT2D eigenvalue weighted by molar-refractivity contribution is -0.129. The van der Waals surface area contributed by atoms with Crippen LogP contribution in [0.4, 0.5) is 4.79 Å². The topological polar surface area (TPSA) is 61.9 Å². The molecule has 1 atom stereocenters. The highest BCUT2D eigenvalue weighted by molar-refractivity contribution is 5.79. The van der Waals surface area contributed by atoms with E-state index in [0.29, 0.717) is 23.3 Å². The molecule has 0 radical (unpaired) electrons.